The van der Waals surface area contributed by atoms with Gasteiger partial charge in [0.1, 0.15) is 0 Å². The lowest BCUT2D eigenvalue weighted by Crippen LogP contribution is -2.48. The summed E-state index contributed by atoms with van der Waals surface area (Å²) in [4.78, 5) is 25.3. The minimum absolute atomic E-state index is 0.0583. The molecule has 0 bridgehead atoms. The van der Waals surface area contributed by atoms with Gasteiger partial charge in [-0.2, -0.15) is 0 Å². The molecule has 0 saturated carbocycles. The van der Waals surface area contributed by atoms with E-state index in [4.69, 9.17) is 17.0 Å². The number of carbonyl (C=O) groups is 1. The van der Waals surface area contributed by atoms with Gasteiger partial charge in [-0.1, -0.05) is 29.8 Å². The molecule has 2 aromatic rings. The van der Waals surface area contributed by atoms with E-state index < -0.39 is 16.9 Å². The van der Waals surface area contributed by atoms with Gasteiger partial charge in [0.15, 0.2) is 5.11 Å². The molecule has 3 rings (SSSR count). The first-order chi connectivity index (χ1) is 13.8. The molecule has 7 nitrogen and oxygen atoms in total. The third-order valence-corrected chi connectivity index (χ3v) is 4.99. The molecular formula is C21H21N3O4S. The summed E-state index contributed by atoms with van der Waals surface area (Å²) >= 11 is 5.58. The number of nitro groups is 1. The van der Waals surface area contributed by atoms with E-state index in [1.807, 2.05) is 31.2 Å². The number of thiocarbonyl (C=S) groups is 1. The Hall–Kier alpha value is -3.26. The smallest absolute Gasteiger partial charge is 0.338 e. The fourth-order valence-electron chi connectivity index (χ4n) is 3.29. The van der Waals surface area contributed by atoms with Gasteiger partial charge >= 0.3 is 5.97 Å². The number of anilines is 1. The van der Waals surface area contributed by atoms with Crippen LogP contribution in [0.3, 0.4) is 0 Å². The number of hydrogen-bond donors (Lipinski definition) is 1. The van der Waals surface area contributed by atoms with Crippen LogP contribution in [0.4, 0.5) is 11.4 Å². The molecule has 0 radical (unpaired) electrons. The number of hydrogen-bond acceptors (Lipinski definition) is 5. The Morgan fingerprint density at radius 1 is 1.24 bits per heavy atom. The van der Waals surface area contributed by atoms with Crippen molar-refractivity contribution in [3.8, 4) is 0 Å². The number of allylic oxidation sites excluding steroid dienone is 1. The first kappa shape index (κ1) is 20.5. The number of ether oxygens (including phenoxy) is 1. The lowest BCUT2D eigenvalue weighted by atomic mass is 9.94. The van der Waals surface area contributed by atoms with Gasteiger partial charge in [0, 0.05) is 23.5 Å². The van der Waals surface area contributed by atoms with Gasteiger partial charge in [0.05, 0.1) is 23.1 Å². The van der Waals surface area contributed by atoms with Crippen LogP contribution < -0.4 is 10.2 Å². The Balaban J connectivity index is 2.13. The van der Waals surface area contributed by atoms with Crippen LogP contribution in [0.25, 0.3) is 0 Å². The molecule has 0 aliphatic carbocycles. The zero-order chi connectivity index (χ0) is 21.1. The minimum atomic E-state index is -0.650. The molecule has 29 heavy (non-hydrogen) atoms. The van der Waals surface area contributed by atoms with Gasteiger partial charge < -0.3 is 10.1 Å². The third-order valence-electron chi connectivity index (χ3n) is 4.69. The van der Waals surface area contributed by atoms with Gasteiger partial charge in [-0.3, -0.25) is 15.0 Å². The van der Waals surface area contributed by atoms with Crippen molar-refractivity contribution < 1.29 is 14.5 Å². The molecular weight excluding hydrogens is 390 g/mol. The van der Waals surface area contributed by atoms with E-state index >= 15 is 0 Å². The largest absolute Gasteiger partial charge is 0.463 e. The average molecular weight is 411 g/mol. The Labute approximate surface area is 174 Å². The number of carbonyl (C=O) groups excluding carboxylic acids is 1. The Morgan fingerprint density at radius 3 is 2.55 bits per heavy atom. The van der Waals surface area contributed by atoms with Gasteiger partial charge in [0.2, 0.25) is 0 Å². The van der Waals surface area contributed by atoms with Crippen molar-refractivity contribution in [1.82, 2.24) is 5.32 Å². The van der Waals surface area contributed by atoms with Crippen molar-refractivity contribution >= 4 is 34.7 Å². The van der Waals surface area contributed by atoms with Crippen LogP contribution in [0.15, 0.2) is 59.8 Å². The molecule has 1 aliphatic heterocycles. The van der Waals surface area contributed by atoms with Gasteiger partial charge in [-0.05, 0) is 50.7 Å². The number of aryl methyl sites for hydroxylation is 1. The molecule has 1 atom stereocenters. The van der Waals surface area contributed by atoms with E-state index in [1.54, 1.807) is 30.9 Å². The molecule has 0 saturated heterocycles. The number of non-ortho nitro benzene ring substituents is 1. The molecule has 0 spiro atoms. The van der Waals surface area contributed by atoms with Crippen LogP contribution in [-0.4, -0.2) is 22.6 Å². The first-order valence-corrected chi connectivity index (χ1v) is 9.53. The number of nitrogens with one attached hydrogen (secondary N) is 1. The van der Waals surface area contributed by atoms with E-state index in [9.17, 15) is 14.9 Å². The molecule has 150 valence electrons. The van der Waals surface area contributed by atoms with Crippen molar-refractivity contribution in [3.63, 3.8) is 0 Å². The molecule has 0 unspecified atom stereocenters. The summed E-state index contributed by atoms with van der Waals surface area (Å²) in [5.74, 6) is -0.492. The van der Waals surface area contributed by atoms with Crippen LogP contribution >= 0.6 is 12.2 Å². The monoisotopic (exact) mass is 411 g/mol. The highest BCUT2D eigenvalue weighted by molar-refractivity contribution is 7.80. The van der Waals surface area contributed by atoms with Crippen molar-refractivity contribution in [3.05, 3.63) is 81.0 Å². The second-order valence-electron chi connectivity index (χ2n) is 6.63. The van der Waals surface area contributed by atoms with E-state index in [-0.39, 0.29) is 12.3 Å². The first-order valence-electron chi connectivity index (χ1n) is 9.13. The SMILES string of the molecule is CCOC(=O)C1=C(C)N(c2ccc(C)cc2)C(=S)N[C@H]1c1cccc([N+](=O)[O-])c1. The Morgan fingerprint density at radius 2 is 1.93 bits per heavy atom. The number of nitrogens with zero attached hydrogens (tertiary/aromatic N) is 2. The number of esters is 1. The maximum Gasteiger partial charge on any atom is 0.338 e. The predicted molar refractivity (Wildman–Crippen MR) is 115 cm³/mol. The van der Waals surface area contributed by atoms with E-state index in [0.29, 0.717) is 21.9 Å². The van der Waals surface area contributed by atoms with Crippen molar-refractivity contribution in [2.24, 2.45) is 0 Å². The van der Waals surface area contributed by atoms with Crippen LogP contribution in [-0.2, 0) is 9.53 Å². The van der Waals surface area contributed by atoms with E-state index in [1.165, 1.54) is 12.1 Å². The number of benzene rings is 2. The fraction of sp³-hybridized carbons (Fsp3) is 0.238. The average Bonchev–Trinajstić information content (AvgIpc) is 2.69. The van der Waals surface area contributed by atoms with Crippen LogP contribution in [0.2, 0.25) is 0 Å². The summed E-state index contributed by atoms with van der Waals surface area (Å²) in [7, 11) is 0. The summed E-state index contributed by atoms with van der Waals surface area (Å²) < 4.78 is 5.28. The van der Waals surface area contributed by atoms with Gasteiger partial charge in [0.25, 0.3) is 5.69 Å². The maximum absolute atomic E-state index is 12.8. The topological polar surface area (TPSA) is 84.7 Å². The van der Waals surface area contributed by atoms with E-state index in [0.717, 1.165) is 11.3 Å². The third kappa shape index (κ3) is 4.12. The molecule has 8 heteroatoms. The molecule has 0 fully saturated rings. The zero-order valence-corrected chi connectivity index (χ0v) is 17.2. The highest BCUT2D eigenvalue weighted by Gasteiger charge is 2.35. The summed E-state index contributed by atoms with van der Waals surface area (Å²) in [5.41, 5.74) is 3.40. The fourth-order valence-corrected chi connectivity index (χ4v) is 3.65. The van der Waals surface area contributed by atoms with Gasteiger partial charge in [-0.15, -0.1) is 0 Å². The maximum atomic E-state index is 12.8. The second kappa shape index (κ2) is 8.40. The molecule has 1 aliphatic rings. The normalized spacial score (nSPS) is 16.4. The summed E-state index contributed by atoms with van der Waals surface area (Å²) in [5, 5.41) is 14.8. The highest BCUT2D eigenvalue weighted by atomic mass is 32.1. The second-order valence-corrected chi connectivity index (χ2v) is 7.01. The van der Waals surface area contributed by atoms with Crippen molar-refractivity contribution in [2.75, 3.05) is 11.5 Å². The Bertz CT molecular complexity index is 1000. The van der Waals surface area contributed by atoms with Crippen molar-refractivity contribution in [2.45, 2.75) is 26.8 Å². The minimum Gasteiger partial charge on any atom is -0.463 e. The lowest BCUT2D eigenvalue weighted by molar-refractivity contribution is -0.384. The molecule has 1 heterocycles. The summed E-state index contributed by atoms with van der Waals surface area (Å²) in [6, 6.07) is 13.3. The van der Waals surface area contributed by atoms with Crippen LogP contribution in [0, 0.1) is 17.0 Å². The van der Waals surface area contributed by atoms with E-state index in [2.05, 4.69) is 5.32 Å². The number of nitro benzene ring substituents is 1. The number of rotatable bonds is 5. The zero-order valence-electron chi connectivity index (χ0n) is 16.3. The summed E-state index contributed by atoms with van der Waals surface area (Å²) in [6.45, 7) is 5.73. The summed E-state index contributed by atoms with van der Waals surface area (Å²) in [6.07, 6.45) is 0. The molecule has 2 aromatic carbocycles. The molecule has 0 aromatic heterocycles. The van der Waals surface area contributed by atoms with Gasteiger partial charge in [-0.25, -0.2) is 4.79 Å². The molecule has 1 N–H and O–H groups in total. The van der Waals surface area contributed by atoms with Crippen LogP contribution in [0.5, 0.6) is 0 Å². The van der Waals surface area contributed by atoms with Crippen molar-refractivity contribution in [1.29, 1.82) is 0 Å². The lowest BCUT2D eigenvalue weighted by Gasteiger charge is -2.37. The highest BCUT2D eigenvalue weighted by Crippen LogP contribution is 2.35. The van der Waals surface area contributed by atoms with Crippen LogP contribution in [0.1, 0.15) is 31.0 Å². The quantitative estimate of drug-likeness (QED) is 0.342. The molecule has 0 amide bonds. The predicted octanol–water partition coefficient (Wildman–Crippen LogP) is 4.18. The Kier molecular flexibility index (Phi) is 5.93. The standard InChI is InChI=1S/C21H21N3O4S/c1-4-28-20(25)18-14(3)23(16-10-8-13(2)9-11-16)21(29)22-19(18)15-6-5-7-17(12-15)24(26)27/h5-12,19H,4H2,1-3H3,(H,22,29)/t19-/m0/s1.